The second-order valence-electron chi connectivity index (χ2n) is 5.48. The molecule has 1 amide bonds. The fourth-order valence-corrected chi connectivity index (χ4v) is 2.87. The Morgan fingerprint density at radius 1 is 1.50 bits per heavy atom. The van der Waals surface area contributed by atoms with E-state index in [0.717, 1.165) is 65.0 Å². The minimum atomic E-state index is 0.337. The van der Waals surface area contributed by atoms with E-state index in [2.05, 4.69) is 17.1 Å². The standard InChI is InChI=1S/C14H26N2O2/c1-2-7-15-13(12-6-9-18-11-12)10-16-8-4-3-5-14(16)17/h12-13,15H,2-11H2,1H3. The van der Waals surface area contributed by atoms with Gasteiger partial charge < -0.3 is 15.0 Å². The van der Waals surface area contributed by atoms with Gasteiger partial charge in [-0.05, 0) is 32.2 Å². The zero-order valence-electron chi connectivity index (χ0n) is 11.5. The lowest BCUT2D eigenvalue weighted by Gasteiger charge is -2.33. The minimum Gasteiger partial charge on any atom is -0.381 e. The smallest absolute Gasteiger partial charge is 0.222 e. The number of hydrogen-bond acceptors (Lipinski definition) is 3. The Morgan fingerprint density at radius 3 is 3.06 bits per heavy atom. The van der Waals surface area contributed by atoms with Gasteiger partial charge in [0.15, 0.2) is 0 Å². The number of likely N-dealkylation sites (tertiary alicyclic amines) is 1. The van der Waals surface area contributed by atoms with Gasteiger partial charge in [0.1, 0.15) is 0 Å². The average Bonchev–Trinajstić information content (AvgIpc) is 2.90. The molecule has 2 aliphatic rings. The molecule has 2 fully saturated rings. The van der Waals surface area contributed by atoms with Gasteiger partial charge in [-0.15, -0.1) is 0 Å². The maximum absolute atomic E-state index is 11.9. The van der Waals surface area contributed by atoms with Gasteiger partial charge in [0.2, 0.25) is 5.91 Å². The molecule has 1 N–H and O–H groups in total. The number of amides is 1. The van der Waals surface area contributed by atoms with Crippen molar-refractivity contribution in [1.29, 1.82) is 0 Å². The fourth-order valence-electron chi connectivity index (χ4n) is 2.87. The van der Waals surface area contributed by atoms with Crippen LogP contribution in [0.5, 0.6) is 0 Å². The summed E-state index contributed by atoms with van der Waals surface area (Å²) in [6.45, 7) is 6.75. The van der Waals surface area contributed by atoms with Crippen LogP contribution in [-0.4, -0.2) is 49.7 Å². The number of hydrogen-bond donors (Lipinski definition) is 1. The van der Waals surface area contributed by atoms with Gasteiger partial charge in [-0.2, -0.15) is 0 Å². The largest absolute Gasteiger partial charge is 0.381 e. The van der Waals surface area contributed by atoms with Crippen LogP contribution in [-0.2, 0) is 9.53 Å². The van der Waals surface area contributed by atoms with Crippen molar-refractivity contribution in [3.05, 3.63) is 0 Å². The summed E-state index contributed by atoms with van der Waals surface area (Å²) in [5, 5.41) is 3.61. The van der Waals surface area contributed by atoms with Gasteiger partial charge in [-0.25, -0.2) is 0 Å². The molecule has 0 saturated carbocycles. The number of rotatable bonds is 6. The van der Waals surface area contributed by atoms with E-state index in [0.29, 0.717) is 17.9 Å². The number of piperidine rings is 1. The minimum absolute atomic E-state index is 0.337. The van der Waals surface area contributed by atoms with Crippen molar-refractivity contribution in [2.24, 2.45) is 5.92 Å². The van der Waals surface area contributed by atoms with Crippen LogP contribution >= 0.6 is 0 Å². The van der Waals surface area contributed by atoms with Crippen LogP contribution in [0.2, 0.25) is 0 Å². The van der Waals surface area contributed by atoms with Crippen LogP contribution in [0.4, 0.5) is 0 Å². The highest BCUT2D eigenvalue weighted by molar-refractivity contribution is 5.76. The summed E-state index contributed by atoms with van der Waals surface area (Å²) < 4.78 is 5.49. The molecule has 0 aromatic heterocycles. The van der Waals surface area contributed by atoms with Crippen molar-refractivity contribution < 1.29 is 9.53 Å². The molecule has 0 aromatic carbocycles. The Bertz CT molecular complexity index is 265. The molecule has 0 radical (unpaired) electrons. The normalized spacial score (nSPS) is 26.6. The summed E-state index contributed by atoms with van der Waals surface area (Å²) in [6, 6.07) is 0.412. The van der Waals surface area contributed by atoms with Gasteiger partial charge in [-0.1, -0.05) is 6.92 Å². The van der Waals surface area contributed by atoms with E-state index >= 15 is 0 Å². The van der Waals surface area contributed by atoms with Crippen LogP contribution in [0.15, 0.2) is 0 Å². The topological polar surface area (TPSA) is 41.6 Å². The van der Waals surface area contributed by atoms with E-state index in [1.54, 1.807) is 0 Å². The predicted octanol–water partition coefficient (Wildman–Crippen LogP) is 1.40. The number of nitrogens with one attached hydrogen (secondary N) is 1. The maximum Gasteiger partial charge on any atom is 0.222 e. The van der Waals surface area contributed by atoms with Crippen LogP contribution in [0.25, 0.3) is 0 Å². The Balaban J connectivity index is 1.88. The van der Waals surface area contributed by atoms with E-state index < -0.39 is 0 Å². The van der Waals surface area contributed by atoms with E-state index in [-0.39, 0.29) is 0 Å². The second kappa shape index (κ2) is 7.10. The molecule has 2 unspecified atom stereocenters. The van der Waals surface area contributed by atoms with E-state index in [9.17, 15) is 4.79 Å². The summed E-state index contributed by atoms with van der Waals surface area (Å²) >= 11 is 0. The highest BCUT2D eigenvalue weighted by atomic mass is 16.5. The Morgan fingerprint density at radius 2 is 2.39 bits per heavy atom. The van der Waals surface area contributed by atoms with Crippen molar-refractivity contribution in [2.45, 2.75) is 45.1 Å². The Hall–Kier alpha value is -0.610. The molecule has 2 saturated heterocycles. The zero-order chi connectivity index (χ0) is 12.8. The molecule has 2 heterocycles. The molecule has 0 bridgehead atoms. The molecule has 2 aliphatic heterocycles. The van der Waals surface area contributed by atoms with Crippen molar-refractivity contribution >= 4 is 5.91 Å². The van der Waals surface area contributed by atoms with E-state index in [1.807, 2.05) is 0 Å². The number of carbonyl (C=O) groups excluding carboxylic acids is 1. The van der Waals surface area contributed by atoms with Gasteiger partial charge in [0.25, 0.3) is 0 Å². The van der Waals surface area contributed by atoms with E-state index in [4.69, 9.17) is 4.74 Å². The Labute approximate surface area is 110 Å². The van der Waals surface area contributed by atoms with Gasteiger partial charge >= 0.3 is 0 Å². The maximum atomic E-state index is 11.9. The van der Waals surface area contributed by atoms with Gasteiger partial charge in [0.05, 0.1) is 6.61 Å². The first-order chi connectivity index (χ1) is 8.81. The molecule has 18 heavy (non-hydrogen) atoms. The molecule has 0 aliphatic carbocycles. The van der Waals surface area contributed by atoms with E-state index in [1.165, 1.54) is 0 Å². The van der Waals surface area contributed by atoms with Crippen LogP contribution in [0, 0.1) is 5.92 Å². The Kier molecular flexibility index (Phi) is 5.45. The van der Waals surface area contributed by atoms with Gasteiger partial charge in [0, 0.05) is 38.1 Å². The third-order valence-corrected chi connectivity index (χ3v) is 4.03. The number of nitrogens with zero attached hydrogens (tertiary/aromatic N) is 1. The van der Waals surface area contributed by atoms with Crippen molar-refractivity contribution in [1.82, 2.24) is 10.2 Å². The fraction of sp³-hybridized carbons (Fsp3) is 0.929. The zero-order valence-corrected chi connectivity index (χ0v) is 11.5. The second-order valence-corrected chi connectivity index (χ2v) is 5.48. The first kappa shape index (κ1) is 13.8. The lowest BCUT2D eigenvalue weighted by Crippen LogP contribution is -2.49. The molecule has 0 spiro atoms. The molecule has 0 aromatic rings. The molecule has 2 rings (SSSR count). The summed E-state index contributed by atoms with van der Waals surface area (Å²) in [5.74, 6) is 0.912. The predicted molar refractivity (Wildman–Crippen MR) is 71.4 cm³/mol. The lowest BCUT2D eigenvalue weighted by atomic mass is 9.97. The first-order valence-corrected chi connectivity index (χ1v) is 7.40. The SMILES string of the molecule is CCCNC(CN1CCCCC1=O)C1CCOC1. The summed E-state index contributed by atoms with van der Waals surface area (Å²) in [7, 11) is 0. The van der Waals surface area contributed by atoms with Crippen LogP contribution in [0.1, 0.15) is 39.0 Å². The highest BCUT2D eigenvalue weighted by Gasteiger charge is 2.29. The van der Waals surface area contributed by atoms with Crippen LogP contribution in [0.3, 0.4) is 0 Å². The van der Waals surface area contributed by atoms with Crippen molar-refractivity contribution in [3.63, 3.8) is 0 Å². The summed E-state index contributed by atoms with van der Waals surface area (Å²) in [6.07, 6.45) is 5.23. The number of carbonyl (C=O) groups is 1. The lowest BCUT2D eigenvalue weighted by molar-refractivity contribution is -0.133. The first-order valence-electron chi connectivity index (χ1n) is 7.40. The third kappa shape index (κ3) is 3.69. The van der Waals surface area contributed by atoms with Crippen molar-refractivity contribution in [2.75, 3.05) is 32.8 Å². The highest BCUT2D eigenvalue weighted by Crippen LogP contribution is 2.19. The van der Waals surface area contributed by atoms with Gasteiger partial charge in [-0.3, -0.25) is 4.79 Å². The molecular weight excluding hydrogens is 228 g/mol. The van der Waals surface area contributed by atoms with Crippen molar-refractivity contribution in [3.8, 4) is 0 Å². The molecular formula is C14H26N2O2. The van der Waals surface area contributed by atoms with Crippen LogP contribution < -0.4 is 5.32 Å². The quantitative estimate of drug-likeness (QED) is 0.779. The third-order valence-electron chi connectivity index (χ3n) is 4.03. The molecule has 2 atom stereocenters. The average molecular weight is 254 g/mol. The molecule has 4 heteroatoms. The monoisotopic (exact) mass is 254 g/mol. The summed E-state index contributed by atoms with van der Waals surface area (Å²) in [4.78, 5) is 13.9. The number of ether oxygens (including phenoxy) is 1. The molecule has 104 valence electrons. The molecule has 4 nitrogen and oxygen atoms in total. The summed E-state index contributed by atoms with van der Waals surface area (Å²) in [5.41, 5.74) is 0.